The van der Waals surface area contributed by atoms with Crippen molar-refractivity contribution in [2.24, 2.45) is 0 Å². The van der Waals surface area contributed by atoms with Gasteiger partial charge in [0, 0.05) is 27.8 Å². The number of rotatable bonds is 5. The van der Waals surface area contributed by atoms with E-state index in [0.717, 1.165) is 11.0 Å². The number of ether oxygens (including phenoxy) is 1. The van der Waals surface area contributed by atoms with Gasteiger partial charge in [-0.2, -0.15) is 0 Å². The summed E-state index contributed by atoms with van der Waals surface area (Å²) in [6.45, 7) is 10.9. The fourth-order valence-corrected chi connectivity index (χ4v) is 2.99. The maximum absolute atomic E-state index is 11.7. The van der Waals surface area contributed by atoms with Crippen LogP contribution in [-0.4, -0.2) is 23.8 Å². The van der Waals surface area contributed by atoms with Gasteiger partial charge in [0.2, 0.25) is 0 Å². The molecule has 0 unspecified atom stereocenters. The summed E-state index contributed by atoms with van der Waals surface area (Å²) in [5.74, 6) is 0. The normalized spacial score (nSPS) is 12.3. The Kier molecular flexibility index (Phi) is 6.04. The van der Waals surface area contributed by atoms with E-state index in [4.69, 9.17) is 4.74 Å². The van der Waals surface area contributed by atoms with Crippen LogP contribution in [0.3, 0.4) is 0 Å². The van der Waals surface area contributed by atoms with E-state index >= 15 is 0 Å². The van der Waals surface area contributed by atoms with Crippen LogP contribution in [0.15, 0.2) is 15.9 Å². The molecule has 0 fully saturated rings. The van der Waals surface area contributed by atoms with E-state index in [1.54, 1.807) is 11.3 Å². The standard InChI is InChI=1S/C14H23BrN2O2S/c1-13(2,3)19-12(18)17-14(4,5)9-16-7-11-6-10(15)8-20-11/h6,8,16H,7,9H2,1-5H3,(H,17,18). The largest absolute Gasteiger partial charge is 0.444 e. The van der Waals surface area contributed by atoms with Gasteiger partial charge in [-0.15, -0.1) is 11.3 Å². The second-order valence-corrected chi connectivity index (χ2v) is 8.26. The molecule has 0 aliphatic rings. The monoisotopic (exact) mass is 362 g/mol. The number of nitrogens with one attached hydrogen (secondary N) is 2. The van der Waals surface area contributed by atoms with Gasteiger partial charge in [-0.05, 0) is 56.6 Å². The molecule has 1 aromatic heterocycles. The number of carbonyl (C=O) groups is 1. The van der Waals surface area contributed by atoms with Crippen LogP contribution in [0.1, 0.15) is 39.5 Å². The predicted molar refractivity (Wildman–Crippen MR) is 87.2 cm³/mol. The van der Waals surface area contributed by atoms with Crippen molar-refractivity contribution in [1.29, 1.82) is 0 Å². The highest BCUT2D eigenvalue weighted by Crippen LogP contribution is 2.19. The van der Waals surface area contributed by atoms with Crippen LogP contribution < -0.4 is 10.6 Å². The molecule has 1 rings (SSSR count). The summed E-state index contributed by atoms with van der Waals surface area (Å²) in [7, 11) is 0. The number of amides is 1. The molecule has 0 saturated heterocycles. The third-order valence-electron chi connectivity index (χ3n) is 2.33. The Morgan fingerprint density at radius 1 is 1.35 bits per heavy atom. The summed E-state index contributed by atoms with van der Waals surface area (Å²) in [5, 5.41) is 8.27. The topological polar surface area (TPSA) is 50.4 Å². The molecule has 0 saturated carbocycles. The molecule has 0 aromatic carbocycles. The van der Waals surface area contributed by atoms with Crippen LogP contribution in [0, 0.1) is 0 Å². The first-order valence-electron chi connectivity index (χ1n) is 6.52. The zero-order chi connectivity index (χ0) is 15.4. The zero-order valence-electron chi connectivity index (χ0n) is 12.7. The van der Waals surface area contributed by atoms with Gasteiger partial charge < -0.3 is 15.4 Å². The summed E-state index contributed by atoms with van der Waals surface area (Å²) in [5.41, 5.74) is -0.840. The summed E-state index contributed by atoms with van der Waals surface area (Å²) in [4.78, 5) is 13.0. The second-order valence-electron chi connectivity index (χ2n) is 6.35. The van der Waals surface area contributed by atoms with Crippen molar-refractivity contribution >= 4 is 33.4 Å². The molecule has 1 heterocycles. The molecule has 0 atom stereocenters. The molecule has 114 valence electrons. The molecule has 0 aliphatic heterocycles. The minimum Gasteiger partial charge on any atom is -0.444 e. The van der Waals surface area contributed by atoms with Crippen molar-refractivity contribution in [3.63, 3.8) is 0 Å². The highest BCUT2D eigenvalue weighted by molar-refractivity contribution is 9.10. The Bertz CT molecular complexity index is 452. The number of thiophene rings is 1. The SMILES string of the molecule is CC(C)(CNCc1cc(Br)cs1)NC(=O)OC(C)(C)C. The third-order valence-corrected chi connectivity index (χ3v) is 4.02. The number of halogens is 1. The number of hydrogen-bond acceptors (Lipinski definition) is 4. The van der Waals surface area contributed by atoms with Crippen LogP contribution in [0.4, 0.5) is 4.79 Å². The lowest BCUT2D eigenvalue weighted by molar-refractivity contribution is 0.0472. The van der Waals surface area contributed by atoms with Gasteiger partial charge in [-0.25, -0.2) is 4.79 Å². The lowest BCUT2D eigenvalue weighted by atomic mass is 10.1. The first-order valence-corrected chi connectivity index (χ1v) is 8.19. The quantitative estimate of drug-likeness (QED) is 0.834. The Labute approximate surface area is 133 Å². The van der Waals surface area contributed by atoms with E-state index in [0.29, 0.717) is 6.54 Å². The minimum atomic E-state index is -0.475. The number of hydrogen-bond donors (Lipinski definition) is 2. The first-order chi connectivity index (χ1) is 9.07. The van der Waals surface area contributed by atoms with Gasteiger partial charge in [-0.1, -0.05) is 0 Å². The maximum Gasteiger partial charge on any atom is 0.408 e. The second kappa shape index (κ2) is 6.91. The maximum atomic E-state index is 11.7. The zero-order valence-corrected chi connectivity index (χ0v) is 15.1. The molecule has 0 bridgehead atoms. The van der Waals surface area contributed by atoms with Crippen LogP contribution in [0.25, 0.3) is 0 Å². The molecule has 0 spiro atoms. The van der Waals surface area contributed by atoms with Crippen LogP contribution in [0.5, 0.6) is 0 Å². The van der Waals surface area contributed by atoms with E-state index < -0.39 is 5.60 Å². The van der Waals surface area contributed by atoms with E-state index in [1.165, 1.54) is 4.88 Å². The van der Waals surface area contributed by atoms with E-state index in [-0.39, 0.29) is 11.6 Å². The van der Waals surface area contributed by atoms with E-state index in [1.807, 2.05) is 34.6 Å². The highest BCUT2D eigenvalue weighted by Gasteiger charge is 2.24. The van der Waals surface area contributed by atoms with Crippen molar-refractivity contribution < 1.29 is 9.53 Å². The Hall–Kier alpha value is -0.590. The lowest BCUT2D eigenvalue weighted by Gasteiger charge is -2.28. The average Bonchev–Trinajstić information content (AvgIpc) is 2.59. The number of alkyl carbamates (subject to hydrolysis) is 1. The third kappa shape index (κ3) is 7.26. The van der Waals surface area contributed by atoms with E-state index in [2.05, 4.69) is 38.0 Å². The predicted octanol–water partition coefficient (Wildman–Crippen LogP) is 3.90. The van der Waals surface area contributed by atoms with Crippen LogP contribution in [-0.2, 0) is 11.3 Å². The fraction of sp³-hybridized carbons (Fsp3) is 0.643. The van der Waals surface area contributed by atoms with Crippen molar-refractivity contribution in [2.45, 2.75) is 52.3 Å². The Morgan fingerprint density at radius 3 is 2.50 bits per heavy atom. The molecule has 2 N–H and O–H groups in total. The Morgan fingerprint density at radius 2 is 2.00 bits per heavy atom. The molecule has 1 aromatic rings. The highest BCUT2D eigenvalue weighted by atomic mass is 79.9. The molecule has 20 heavy (non-hydrogen) atoms. The smallest absolute Gasteiger partial charge is 0.408 e. The molecular weight excluding hydrogens is 340 g/mol. The van der Waals surface area contributed by atoms with Crippen molar-refractivity contribution in [3.05, 3.63) is 20.8 Å². The van der Waals surface area contributed by atoms with Crippen LogP contribution in [0.2, 0.25) is 0 Å². The Balaban J connectivity index is 2.35. The van der Waals surface area contributed by atoms with Gasteiger partial charge >= 0.3 is 6.09 Å². The lowest BCUT2D eigenvalue weighted by Crippen LogP contribution is -2.51. The minimum absolute atomic E-state index is 0.364. The molecule has 0 aliphatic carbocycles. The molecule has 0 radical (unpaired) electrons. The van der Waals surface area contributed by atoms with Gasteiger partial charge in [0.15, 0.2) is 0 Å². The summed E-state index contributed by atoms with van der Waals surface area (Å²) in [6.07, 6.45) is -0.386. The van der Waals surface area contributed by atoms with Crippen molar-refractivity contribution in [3.8, 4) is 0 Å². The summed E-state index contributed by atoms with van der Waals surface area (Å²) in [6, 6.07) is 2.09. The first kappa shape index (κ1) is 17.5. The summed E-state index contributed by atoms with van der Waals surface area (Å²) >= 11 is 5.13. The summed E-state index contributed by atoms with van der Waals surface area (Å²) < 4.78 is 6.36. The van der Waals surface area contributed by atoms with Gasteiger partial charge in [0.05, 0.1) is 5.54 Å². The van der Waals surface area contributed by atoms with Crippen molar-refractivity contribution in [1.82, 2.24) is 10.6 Å². The molecular formula is C14H23BrN2O2S. The van der Waals surface area contributed by atoms with Gasteiger partial charge in [-0.3, -0.25) is 0 Å². The fourth-order valence-electron chi connectivity index (χ4n) is 1.57. The van der Waals surface area contributed by atoms with Gasteiger partial charge in [0.1, 0.15) is 5.60 Å². The average molecular weight is 363 g/mol. The van der Waals surface area contributed by atoms with Gasteiger partial charge in [0.25, 0.3) is 0 Å². The van der Waals surface area contributed by atoms with Crippen molar-refractivity contribution in [2.75, 3.05) is 6.54 Å². The number of carbonyl (C=O) groups excluding carboxylic acids is 1. The molecule has 6 heteroatoms. The van der Waals surface area contributed by atoms with E-state index in [9.17, 15) is 4.79 Å². The molecule has 1 amide bonds. The van der Waals surface area contributed by atoms with Crippen LogP contribution >= 0.6 is 27.3 Å². The molecule has 4 nitrogen and oxygen atoms in total.